The highest BCUT2D eigenvalue weighted by molar-refractivity contribution is 5.75. The summed E-state index contributed by atoms with van der Waals surface area (Å²) in [7, 11) is 0. The molecular formula is C15H22N2O3. The summed E-state index contributed by atoms with van der Waals surface area (Å²) in [6, 6.07) is 4.92. The van der Waals surface area contributed by atoms with Crippen molar-refractivity contribution in [3.05, 3.63) is 34.7 Å². The second-order valence-electron chi connectivity index (χ2n) is 5.40. The SMILES string of the molecule is O=C(CCn1ccccc1=O)NCC(O)C1CCCC1. The minimum atomic E-state index is -0.444. The van der Waals surface area contributed by atoms with E-state index in [1.54, 1.807) is 18.3 Å². The van der Waals surface area contributed by atoms with Crippen LogP contribution >= 0.6 is 0 Å². The second-order valence-corrected chi connectivity index (χ2v) is 5.40. The van der Waals surface area contributed by atoms with Gasteiger partial charge in [-0.05, 0) is 24.8 Å². The molecule has 1 heterocycles. The number of nitrogens with one attached hydrogen (secondary N) is 1. The molecule has 1 amide bonds. The molecule has 1 aliphatic carbocycles. The quantitative estimate of drug-likeness (QED) is 0.812. The third-order valence-electron chi connectivity index (χ3n) is 3.93. The predicted molar refractivity (Wildman–Crippen MR) is 76.3 cm³/mol. The topological polar surface area (TPSA) is 71.3 Å². The van der Waals surface area contributed by atoms with Gasteiger partial charge in [0.15, 0.2) is 0 Å². The van der Waals surface area contributed by atoms with Crippen molar-refractivity contribution in [1.82, 2.24) is 9.88 Å². The van der Waals surface area contributed by atoms with Crippen molar-refractivity contribution in [2.45, 2.75) is 44.8 Å². The highest BCUT2D eigenvalue weighted by Crippen LogP contribution is 2.27. The standard InChI is InChI=1S/C15H22N2O3/c18-13(12-5-1-2-6-12)11-16-14(19)8-10-17-9-4-3-7-15(17)20/h3-4,7,9,12-13,18H,1-2,5-6,8,10-11H2,(H,16,19). The Hall–Kier alpha value is -1.62. The Kier molecular flexibility index (Phi) is 5.35. The number of pyridine rings is 1. The van der Waals surface area contributed by atoms with E-state index >= 15 is 0 Å². The molecule has 2 N–H and O–H groups in total. The molecule has 0 bridgehead atoms. The van der Waals surface area contributed by atoms with Crippen LogP contribution in [0.15, 0.2) is 29.2 Å². The zero-order valence-electron chi connectivity index (χ0n) is 11.6. The van der Waals surface area contributed by atoms with Gasteiger partial charge in [0.1, 0.15) is 0 Å². The van der Waals surface area contributed by atoms with E-state index in [4.69, 9.17) is 0 Å². The van der Waals surface area contributed by atoms with Crippen LogP contribution in [0, 0.1) is 5.92 Å². The van der Waals surface area contributed by atoms with E-state index in [9.17, 15) is 14.7 Å². The average Bonchev–Trinajstić information content (AvgIpc) is 2.98. The van der Waals surface area contributed by atoms with E-state index in [0.717, 1.165) is 12.8 Å². The number of hydrogen-bond donors (Lipinski definition) is 2. The number of carbonyl (C=O) groups excluding carboxylic acids is 1. The lowest BCUT2D eigenvalue weighted by Crippen LogP contribution is -2.36. The number of aliphatic hydroxyl groups is 1. The van der Waals surface area contributed by atoms with Crippen molar-refractivity contribution < 1.29 is 9.90 Å². The molecule has 0 aromatic carbocycles. The first kappa shape index (κ1) is 14.8. The maximum atomic E-state index is 11.7. The first-order valence-corrected chi connectivity index (χ1v) is 7.27. The van der Waals surface area contributed by atoms with Gasteiger partial charge in [-0.1, -0.05) is 18.9 Å². The molecule has 20 heavy (non-hydrogen) atoms. The van der Waals surface area contributed by atoms with Gasteiger partial charge in [0.2, 0.25) is 5.91 Å². The summed E-state index contributed by atoms with van der Waals surface area (Å²) in [5.74, 6) is 0.199. The third-order valence-corrected chi connectivity index (χ3v) is 3.93. The van der Waals surface area contributed by atoms with Gasteiger partial charge in [-0.25, -0.2) is 0 Å². The van der Waals surface area contributed by atoms with Gasteiger partial charge in [0, 0.05) is 31.8 Å². The Morgan fingerprint density at radius 1 is 1.40 bits per heavy atom. The molecule has 5 heteroatoms. The fourth-order valence-electron chi connectivity index (χ4n) is 2.68. The number of aromatic nitrogens is 1. The van der Waals surface area contributed by atoms with Gasteiger partial charge in [-0.2, -0.15) is 0 Å². The highest BCUT2D eigenvalue weighted by Gasteiger charge is 2.23. The zero-order chi connectivity index (χ0) is 14.4. The molecule has 110 valence electrons. The van der Waals surface area contributed by atoms with Crippen LogP contribution in [-0.4, -0.2) is 28.2 Å². The van der Waals surface area contributed by atoms with Crippen LogP contribution in [0.25, 0.3) is 0 Å². The maximum Gasteiger partial charge on any atom is 0.250 e. The van der Waals surface area contributed by atoms with E-state index in [1.165, 1.54) is 23.5 Å². The summed E-state index contributed by atoms with van der Waals surface area (Å²) in [5, 5.41) is 12.7. The molecule has 0 aliphatic heterocycles. The molecule has 1 atom stereocenters. The van der Waals surface area contributed by atoms with E-state index in [1.807, 2.05) is 0 Å². The first-order valence-electron chi connectivity index (χ1n) is 7.27. The fraction of sp³-hybridized carbons (Fsp3) is 0.600. The number of amides is 1. The summed E-state index contributed by atoms with van der Waals surface area (Å²) in [5.41, 5.74) is -0.105. The number of carbonyl (C=O) groups is 1. The van der Waals surface area contributed by atoms with E-state index in [0.29, 0.717) is 19.0 Å². The van der Waals surface area contributed by atoms with Crippen LogP contribution < -0.4 is 10.9 Å². The zero-order valence-corrected chi connectivity index (χ0v) is 11.6. The highest BCUT2D eigenvalue weighted by atomic mass is 16.3. The molecular weight excluding hydrogens is 256 g/mol. The van der Waals surface area contributed by atoms with Crippen molar-refractivity contribution in [2.24, 2.45) is 5.92 Å². The summed E-state index contributed by atoms with van der Waals surface area (Å²) < 4.78 is 1.51. The van der Waals surface area contributed by atoms with Crippen LogP contribution in [0.1, 0.15) is 32.1 Å². The summed E-state index contributed by atoms with van der Waals surface area (Å²) >= 11 is 0. The lowest BCUT2D eigenvalue weighted by atomic mass is 10.0. The number of aliphatic hydroxyl groups excluding tert-OH is 1. The minimum Gasteiger partial charge on any atom is -0.391 e. The molecule has 1 fully saturated rings. The van der Waals surface area contributed by atoms with Gasteiger partial charge in [0.05, 0.1) is 6.10 Å². The molecule has 1 aliphatic rings. The average molecular weight is 278 g/mol. The fourth-order valence-corrected chi connectivity index (χ4v) is 2.68. The molecule has 1 aromatic rings. The molecule has 2 rings (SSSR count). The Bertz CT molecular complexity index is 492. The summed E-state index contributed by atoms with van der Waals surface area (Å²) in [6.07, 6.45) is 5.93. The van der Waals surface area contributed by atoms with Crippen molar-refractivity contribution >= 4 is 5.91 Å². The number of nitrogens with zero attached hydrogens (tertiary/aromatic N) is 1. The number of aryl methyl sites for hydroxylation is 1. The van der Waals surface area contributed by atoms with Crippen LogP contribution in [0.3, 0.4) is 0 Å². The predicted octanol–water partition coefficient (Wildman–Crippen LogP) is 0.906. The van der Waals surface area contributed by atoms with E-state index in [-0.39, 0.29) is 17.9 Å². The third kappa shape index (κ3) is 4.20. The van der Waals surface area contributed by atoms with Crippen molar-refractivity contribution in [3.63, 3.8) is 0 Å². The van der Waals surface area contributed by atoms with Crippen LogP contribution in [0.2, 0.25) is 0 Å². The van der Waals surface area contributed by atoms with E-state index in [2.05, 4.69) is 5.32 Å². The Balaban J connectivity index is 1.70. The molecule has 5 nitrogen and oxygen atoms in total. The van der Waals surface area contributed by atoms with Crippen LogP contribution in [-0.2, 0) is 11.3 Å². The molecule has 0 radical (unpaired) electrons. The Labute approximate surface area is 118 Å². The van der Waals surface area contributed by atoms with Gasteiger partial charge in [-0.3, -0.25) is 9.59 Å². The first-order chi connectivity index (χ1) is 9.66. The maximum absolute atomic E-state index is 11.7. The smallest absolute Gasteiger partial charge is 0.250 e. The number of hydrogen-bond acceptors (Lipinski definition) is 3. The van der Waals surface area contributed by atoms with Gasteiger partial charge in [0.25, 0.3) is 5.56 Å². The van der Waals surface area contributed by atoms with E-state index < -0.39 is 6.10 Å². The van der Waals surface area contributed by atoms with Gasteiger partial charge >= 0.3 is 0 Å². The monoisotopic (exact) mass is 278 g/mol. The minimum absolute atomic E-state index is 0.105. The largest absolute Gasteiger partial charge is 0.391 e. The molecule has 0 saturated heterocycles. The van der Waals surface area contributed by atoms with Crippen molar-refractivity contribution in [1.29, 1.82) is 0 Å². The summed E-state index contributed by atoms with van der Waals surface area (Å²) in [4.78, 5) is 23.2. The van der Waals surface area contributed by atoms with Crippen LogP contribution in [0.5, 0.6) is 0 Å². The summed E-state index contributed by atoms with van der Waals surface area (Å²) in [6.45, 7) is 0.679. The molecule has 1 aromatic heterocycles. The van der Waals surface area contributed by atoms with Crippen molar-refractivity contribution in [3.8, 4) is 0 Å². The normalized spacial score (nSPS) is 17.1. The Morgan fingerprint density at radius 2 is 2.15 bits per heavy atom. The van der Waals surface area contributed by atoms with Crippen molar-refractivity contribution in [2.75, 3.05) is 6.54 Å². The van der Waals surface area contributed by atoms with Gasteiger partial charge in [-0.15, -0.1) is 0 Å². The lowest BCUT2D eigenvalue weighted by molar-refractivity contribution is -0.121. The number of rotatable bonds is 6. The van der Waals surface area contributed by atoms with Crippen LogP contribution in [0.4, 0.5) is 0 Å². The van der Waals surface area contributed by atoms with Gasteiger partial charge < -0.3 is 15.0 Å². The lowest BCUT2D eigenvalue weighted by Gasteiger charge is -2.18. The Morgan fingerprint density at radius 3 is 2.85 bits per heavy atom. The molecule has 1 unspecified atom stereocenters. The molecule has 1 saturated carbocycles. The molecule has 0 spiro atoms. The second kappa shape index (κ2) is 7.24.